The molecule has 0 saturated carbocycles. The van der Waals surface area contributed by atoms with Crippen LogP contribution in [0.3, 0.4) is 0 Å². The van der Waals surface area contributed by atoms with Crippen LogP contribution < -0.4 is 0 Å². The number of thioether (sulfide) groups is 1. The number of carbonyl (C=O) groups is 2. The lowest BCUT2D eigenvalue weighted by molar-refractivity contribution is -0.140. The zero-order chi connectivity index (χ0) is 16.7. The topological polar surface area (TPSA) is 40.6 Å². The van der Waals surface area contributed by atoms with Gasteiger partial charge in [0.25, 0.3) is 0 Å². The van der Waals surface area contributed by atoms with Crippen molar-refractivity contribution in [2.45, 2.75) is 63.5 Å². The molecule has 0 bridgehead atoms. The maximum absolute atomic E-state index is 12.7. The number of hydrogen-bond donors (Lipinski definition) is 0. The Bertz CT molecular complexity index is 382. The Labute approximate surface area is 145 Å². The Hall–Kier alpha value is -0.710. The second kappa shape index (κ2) is 9.55. The first kappa shape index (κ1) is 18.6. The van der Waals surface area contributed by atoms with Gasteiger partial charge >= 0.3 is 0 Å². The van der Waals surface area contributed by atoms with Gasteiger partial charge in [0.05, 0.1) is 0 Å². The van der Waals surface area contributed by atoms with Crippen LogP contribution in [0.25, 0.3) is 0 Å². The molecule has 4 nitrogen and oxygen atoms in total. The fourth-order valence-corrected chi connectivity index (χ4v) is 4.29. The summed E-state index contributed by atoms with van der Waals surface area (Å²) in [4.78, 5) is 29.1. The quantitative estimate of drug-likeness (QED) is 0.772. The summed E-state index contributed by atoms with van der Waals surface area (Å²) in [5, 5.41) is 0.430. The summed E-state index contributed by atoms with van der Waals surface area (Å²) in [6.07, 6.45) is 10.3. The SMILES string of the molecule is CC[C@H](CC(=O)N1CCC(C(=O)N2CCCCCC2)CC1)SC. The first-order valence-corrected chi connectivity index (χ1v) is 10.5. The minimum atomic E-state index is 0.139. The van der Waals surface area contributed by atoms with E-state index in [2.05, 4.69) is 18.1 Å². The number of rotatable bonds is 5. The van der Waals surface area contributed by atoms with Gasteiger partial charge in [-0.25, -0.2) is 0 Å². The lowest BCUT2D eigenvalue weighted by Gasteiger charge is -2.34. The highest BCUT2D eigenvalue weighted by atomic mass is 32.2. The van der Waals surface area contributed by atoms with Gasteiger partial charge in [-0.3, -0.25) is 9.59 Å². The minimum Gasteiger partial charge on any atom is -0.343 e. The average Bonchev–Trinajstić information content (AvgIpc) is 2.88. The molecule has 23 heavy (non-hydrogen) atoms. The van der Waals surface area contributed by atoms with Crippen LogP contribution in [0.5, 0.6) is 0 Å². The second-order valence-electron chi connectivity index (χ2n) is 6.86. The third kappa shape index (κ3) is 5.40. The molecule has 0 spiro atoms. The summed E-state index contributed by atoms with van der Waals surface area (Å²) in [6.45, 7) is 5.52. The van der Waals surface area contributed by atoms with Crippen molar-refractivity contribution in [3.8, 4) is 0 Å². The number of piperidine rings is 1. The molecule has 2 fully saturated rings. The van der Waals surface area contributed by atoms with Gasteiger partial charge in [-0.1, -0.05) is 19.8 Å². The number of carbonyl (C=O) groups excluding carboxylic acids is 2. The molecule has 0 aromatic heterocycles. The van der Waals surface area contributed by atoms with Crippen molar-refractivity contribution in [1.29, 1.82) is 0 Å². The highest BCUT2D eigenvalue weighted by Crippen LogP contribution is 2.23. The van der Waals surface area contributed by atoms with Crippen molar-refractivity contribution in [3.63, 3.8) is 0 Å². The highest BCUT2D eigenvalue weighted by molar-refractivity contribution is 7.99. The van der Waals surface area contributed by atoms with Crippen molar-refractivity contribution in [1.82, 2.24) is 9.80 Å². The zero-order valence-electron chi connectivity index (χ0n) is 14.8. The lowest BCUT2D eigenvalue weighted by atomic mass is 9.94. The fourth-order valence-electron chi connectivity index (χ4n) is 3.64. The molecule has 2 saturated heterocycles. The van der Waals surface area contributed by atoms with E-state index in [9.17, 15) is 9.59 Å². The van der Waals surface area contributed by atoms with Gasteiger partial charge in [-0.05, 0) is 38.4 Å². The molecule has 2 aliphatic rings. The lowest BCUT2D eigenvalue weighted by Crippen LogP contribution is -2.45. The second-order valence-corrected chi connectivity index (χ2v) is 8.00. The van der Waals surface area contributed by atoms with Gasteiger partial charge in [0.1, 0.15) is 0 Å². The smallest absolute Gasteiger partial charge is 0.225 e. The van der Waals surface area contributed by atoms with Crippen molar-refractivity contribution < 1.29 is 9.59 Å². The summed E-state index contributed by atoms with van der Waals surface area (Å²) in [7, 11) is 0. The van der Waals surface area contributed by atoms with E-state index in [4.69, 9.17) is 0 Å². The molecule has 0 radical (unpaired) electrons. The predicted molar refractivity (Wildman–Crippen MR) is 96.6 cm³/mol. The van der Waals surface area contributed by atoms with E-state index in [0.29, 0.717) is 17.6 Å². The molecule has 0 aliphatic carbocycles. The largest absolute Gasteiger partial charge is 0.343 e. The van der Waals surface area contributed by atoms with Gasteiger partial charge in [0, 0.05) is 43.8 Å². The third-order valence-electron chi connectivity index (χ3n) is 5.31. The van der Waals surface area contributed by atoms with Gasteiger partial charge in [-0.15, -0.1) is 0 Å². The normalized spacial score (nSPS) is 21.8. The fraction of sp³-hybridized carbons (Fsp3) is 0.889. The Morgan fingerprint density at radius 1 is 1.00 bits per heavy atom. The van der Waals surface area contributed by atoms with Gasteiger partial charge < -0.3 is 9.80 Å². The summed E-state index contributed by atoms with van der Waals surface area (Å²) in [5.74, 6) is 0.751. The molecule has 2 amide bonds. The summed E-state index contributed by atoms with van der Waals surface area (Å²) in [5.41, 5.74) is 0. The van der Waals surface area contributed by atoms with Gasteiger partial charge in [0.15, 0.2) is 0 Å². The Balaban J connectivity index is 1.78. The maximum atomic E-state index is 12.7. The van der Waals surface area contributed by atoms with Crippen LogP contribution in [0.4, 0.5) is 0 Å². The van der Waals surface area contributed by atoms with E-state index in [-0.39, 0.29) is 11.8 Å². The van der Waals surface area contributed by atoms with Gasteiger partial charge in [0.2, 0.25) is 11.8 Å². The van der Waals surface area contributed by atoms with Crippen molar-refractivity contribution >= 4 is 23.6 Å². The van der Waals surface area contributed by atoms with E-state index in [1.807, 2.05) is 4.90 Å². The molecular weight excluding hydrogens is 308 g/mol. The summed E-state index contributed by atoms with van der Waals surface area (Å²) in [6, 6.07) is 0. The molecule has 0 aromatic carbocycles. The number of likely N-dealkylation sites (tertiary alicyclic amines) is 2. The molecule has 0 unspecified atom stereocenters. The Morgan fingerprint density at radius 2 is 1.61 bits per heavy atom. The first-order chi connectivity index (χ1) is 11.2. The van der Waals surface area contributed by atoms with Crippen molar-refractivity contribution in [2.24, 2.45) is 5.92 Å². The van der Waals surface area contributed by atoms with E-state index >= 15 is 0 Å². The van der Waals surface area contributed by atoms with Crippen LogP contribution in [0.2, 0.25) is 0 Å². The van der Waals surface area contributed by atoms with Crippen LogP contribution >= 0.6 is 11.8 Å². The maximum Gasteiger partial charge on any atom is 0.225 e. The summed E-state index contributed by atoms with van der Waals surface area (Å²) < 4.78 is 0. The molecule has 2 aliphatic heterocycles. The van der Waals surface area contributed by atoms with E-state index in [0.717, 1.165) is 58.3 Å². The molecule has 2 rings (SSSR count). The van der Waals surface area contributed by atoms with E-state index < -0.39 is 0 Å². The van der Waals surface area contributed by atoms with E-state index in [1.165, 1.54) is 12.8 Å². The Kier molecular flexibility index (Phi) is 7.74. The molecule has 1 atom stereocenters. The Morgan fingerprint density at radius 3 is 2.13 bits per heavy atom. The zero-order valence-corrected chi connectivity index (χ0v) is 15.6. The van der Waals surface area contributed by atoms with Crippen LogP contribution in [0.15, 0.2) is 0 Å². The monoisotopic (exact) mass is 340 g/mol. The predicted octanol–water partition coefficient (Wildman–Crippen LogP) is 3.16. The molecule has 0 N–H and O–H groups in total. The molecule has 0 aromatic rings. The number of nitrogens with zero attached hydrogens (tertiary/aromatic N) is 2. The highest BCUT2D eigenvalue weighted by Gasteiger charge is 2.30. The van der Waals surface area contributed by atoms with Crippen LogP contribution in [0, 0.1) is 5.92 Å². The number of amides is 2. The molecular formula is C18H32N2O2S. The van der Waals surface area contributed by atoms with Crippen LogP contribution in [0.1, 0.15) is 58.3 Å². The molecule has 2 heterocycles. The van der Waals surface area contributed by atoms with Crippen LogP contribution in [-0.4, -0.2) is 59.3 Å². The standard InChI is InChI=1S/C18H32N2O2S/c1-3-16(23-2)14-17(21)19-12-8-15(9-13-19)18(22)20-10-6-4-5-7-11-20/h15-16H,3-14H2,1-2H3/t16-/m1/s1. The third-order valence-corrected chi connectivity index (χ3v) is 6.47. The molecule has 5 heteroatoms. The summed E-state index contributed by atoms with van der Waals surface area (Å²) >= 11 is 1.78. The van der Waals surface area contributed by atoms with Crippen LogP contribution in [-0.2, 0) is 9.59 Å². The molecule has 132 valence electrons. The van der Waals surface area contributed by atoms with Gasteiger partial charge in [-0.2, -0.15) is 11.8 Å². The van der Waals surface area contributed by atoms with Crippen molar-refractivity contribution in [2.75, 3.05) is 32.4 Å². The minimum absolute atomic E-state index is 0.139. The number of hydrogen-bond acceptors (Lipinski definition) is 3. The average molecular weight is 341 g/mol. The van der Waals surface area contributed by atoms with Crippen molar-refractivity contribution in [3.05, 3.63) is 0 Å². The first-order valence-electron chi connectivity index (χ1n) is 9.25. The van der Waals surface area contributed by atoms with E-state index in [1.54, 1.807) is 11.8 Å².